The lowest BCUT2D eigenvalue weighted by Gasteiger charge is -2.07. The highest BCUT2D eigenvalue weighted by molar-refractivity contribution is 9.18. The smallest absolute Gasteiger partial charge is 0.246 e. The minimum Gasteiger partial charge on any atom is -0.246 e. The summed E-state index contributed by atoms with van der Waals surface area (Å²) in [4.78, 5) is 3.71. The monoisotopic (exact) mass is 269 g/mol. The summed E-state index contributed by atoms with van der Waals surface area (Å²) in [5.74, 6) is 0. The van der Waals surface area contributed by atoms with Gasteiger partial charge in [0.15, 0.2) is 0 Å². The molecule has 0 aromatic carbocycles. The van der Waals surface area contributed by atoms with Crippen LogP contribution < -0.4 is 0 Å². The van der Waals surface area contributed by atoms with Crippen molar-refractivity contribution in [1.82, 2.24) is 0 Å². The molecule has 14 heavy (non-hydrogen) atoms. The SMILES string of the molecule is C=C(/C(Br)=N\C(C)=C/CC)C(F)(F)F. The number of halogens is 4. The van der Waals surface area contributed by atoms with E-state index in [1.807, 2.05) is 6.92 Å². The van der Waals surface area contributed by atoms with E-state index in [1.165, 1.54) is 0 Å². The Morgan fingerprint density at radius 3 is 2.36 bits per heavy atom. The van der Waals surface area contributed by atoms with E-state index in [9.17, 15) is 13.2 Å². The molecular formula is C9H11BrF3N. The molecular weight excluding hydrogens is 259 g/mol. The maximum absolute atomic E-state index is 12.1. The van der Waals surface area contributed by atoms with E-state index in [-0.39, 0.29) is 4.62 Å². The van der Waals surface area contributed by atoms with Gasteiger partial charge in [-0.1, -0.05) is 19.6 Å². The maximum atomic E-state index is 12.1. The predicted octanol–water partition coefficient (Wildman–Crippen LogP) is 4.21. The van der Waals surface area contributed by atoms with Crippen molar-refractivity contribution in [3.8, 4) is 0 Å². The van der Waals surface area contributed by atoms with Crippen molar-refractivity contribution in [3.05, 3.63) is 23.9 Å². The molecule has 0 aliphatic heterocycles. The minimum atomic E-state index is -4.44. The third-order valence-corrected chi connectivity index (χ3v) is 2.02. The third-order valence-electron chi connectivity index (χ3n) is 1.37. The Morgan fingerprint density at radius 2 is 2.00 bits per heavy atom. The van der Waals surface area contributed by atoms with Crippen LogP contribution in [-0.4, -0.2) is 10.8 Å². The second-order valence-electron chi connectivity index (χ2n) is 2.63. The molecule has 0 aliphatic rings. The van der Waals surface area contributed by atoms with Gasteiger partial charge in [0.25, 0.3) is 0 Å². The zero-order valence-electron chi connectivity index (χ0n) is 7.95. The summed E-state index contributed by atoms with van der Waals surface area (Å²) in [6.07, 6.45) is -1.98. The average Bonchev–Trinajstić information content (AvgIpc) is 2.01. The standard InChI is InChI=1S/C9H11BrF3N/c1-4-5-6(2)14-8(10)7(3)9(11,12)13/h5H,3-4H2,1-2H3/b6-5-,14-8+. The number of hydrogen-bond acceptors (Lipinski definition) is 1. The molecule has 0 amide bonds. The van der Waals surface area contributed by atoms with Gasteiger partial charge in [0.2, 0.25) is 0 Å². The molecule has 0 aliphatic carbocycles. The van der Waals surface area contributed by atoms with Gasteiger partial charge in [-0.25, -0.2) is 4.99 Å². The van der Waals surface area contributed by atoms with Crippen molar-refractivity contribution in [3.63, 3.8) is 0 Å². The highest BCUT2D eigenvalue weighted by Crippen LogP contribution is 2.27. The van der Waals surface area contributed by atoms with Crippen molar-refractivity contribution < 1.29 is 13.2 Å². The Bertz CT molecular complexity index is 276. The molecule has 80 valence electrons. The molecule has 5 heteroatoms. The van der Waals surface area contributed by atoms with Crippen LogP contribution in [0.3, 0.4) is 0 Å². The Balaban J connectivity index is 4.71. The van der Waals surface area contributed by atoms with E-state index in [0.717, 1.165) is 6.42 Å². The van der Waals surface area contributed by atoms with Crippen molar-refractivity contribution in [2.24, 2.45) is 4.99 Å². The molecule has 1 nitrogen and oxygen atoms in total. The summed E-state index contributed by atoms with van der Waals surface area (Å²) in [6.45, 7) is 6.42. The van der Waals surface area contributed by atoms with Crippen molar-refractivity contribution in [2.75, 3.05) is 0 Å². The Kier molecular flexibility index (Phi) is 5.12. The zero-order chi connectivity index (χ0) is 11.4. The first-order valence-electron chi connectivity index (χ1n) is 3.96. The molecule has 0 bridgehead atoms. The second-order valence-corrected chi connectivity index (χ2v) is 3.38. The van der Waals surface area contributed by atoms with Gasteiger partial charge in [0.1, 0.15) is 4.62 Å². The summed E-state index contributed by atoms with van der Waals surface area (Å²) in [6, 6.07) is 0. The van der Waals surface area contributed by atoms with Crippen molar-refractivity contribution >= 4 is 20.6 Å². The van der Waals surface area contributed by atoms with Crippen LogP contribution in [0.2, 0.25) is 0 Å². The summed E-state index contributed by atoms with van der Waals surface area (Å²) >= 11 is 2.74. The fraction of sp³-hybridized carbons (Fsp3) is 0.444. The van der Waals surface area contributed by atoms with Crippen molar-refractivity contribution in [2.45, 2.75) is 26.4 Å². The van der Waals surface area contributed by atoms with Crippen LogP contribution in [0.5, 0.6) is 0 Å². The van der Waals surface area contributed by atoms with Crippen LogP contribution in [0.15, 0.2) is 28.9 Å². The summed E-state index contributed by atoms with van der Waals surface area (Å²) in [7, 11) is 0. The van der Waals surface area contributed by atoms with E-state index in [4.69, 9.17) is 0 Å². The number of allylic oxidation sites excluding steroid dienone is 3. The van der Waals surface area contributed by atoms with Crippen LogP contribution in [0.25, 0.3) is 0 Å². The summed E-state index contributed by atoms with van der Waals surface area (Å²) in [5, 5.41) is 0. The van der Waals surface area contributed by atoms with Gasteiger partial charge in [-0.15, -0.1) is 0 Å². The van der Waals surface area contributed by atoms with Crippen molar-refractivity contribution in [1.29, 1.82) is 0 Å². The lowest BCUT2D eigenvalue weighted by molar-refractivity contribution is -0.0853. The fourth-order valence-electron chi connectivity index (χ4n) is 0.680. The molecule has 0 aromatic rings. The lowest BCUT2D eigenvalue weighted by Crippen LogP contribution is -2.15. The number of alkyl halides is 3. The average molecular weight is 270 g/mol. The van der Waals surface area contributed by atoms with Gasteiger partial charge in [-0.3, -0.25) is 0 Å². The summed E-state index contributed by atoms with van der Waals surface area (Å²) in [5.41, 5.74) is -0.439. The molecule has 0 N–H and O–H groups in total. The van der Waals surface area contributed by atoms with Crippen LogP contribution >= 0.6 is 15.9 Å². The second kappa shape index (κ2) is 5.34. The van der Waals surface area contributed by atoms with Gasteiger partial charge < -0.3 is 0 Å². The topological polar surface area (TPSA) is 12.4 Å². The normalized spacial score (nSPS) is 14.4. The van der Waals surface area contributed by atoms with Crippen LogP contribution in [0.4, 0.5) is 13.2 Å². The molecule has 0 radical (unpaired) electrons. The molecule has 0 aromatic heterocycles. The van der Waals surface area contributed by atoms with Gasteiger partial charge in [0, 0.05) is 5.70 Å². The van der Waals surface area contributed by atoms with Crippen LogP contribution in [-0.2, 0) is 0 Å². The number of hydrogen-bond donors (Lipinski definition) is 0. The summed E-state index contributed by atoms with van der Waals surface area (Å²) < 4.78 is 36.0. The largest absolute Gasteiger partial charge is 0.418 e. The highest BCUT2D eigenvalue weighted by atomic mass is 79.9. The fourth-order valence-corrected chi connectivity index (χ4v) is 1.18. The first-order chi connectivity index (χ1) is 6.29. The molecule has 0 saturated carbocycles. The quantitative estimate of drug-likeness (QED) is 0.681. The molecule has 0 fully saturated rings. The zero-order valence-corrected chi connectivity index (χ0v) is 9.54. The van der Waals surface area contributed by atoms with Crippen LogP contribution in [0.1, 0.15) is 20.3 Å². The first kappa shape index (κ1) is 13.4. The Labute approximate surface area is 89.5 Å². The lowest BCUT2D eigenvalue weighted by atomic mass is 10.3. The molecule has 0 heterocycles. The minimum absolute atomic E-state index is 0.271. The Morgan fingerprint density at radius 1 is 1.50 bits per heavy atom. The first-order valence-corrected chi connectivity index (χ1v) is 4.75. The molecule has 0 atom stereocenters. The maximum Gasteiger partial charge on any atom is 0.418 e. The van der Waals surface area contributed by atoms with E-state index in [0.29, 0.717) is 5.70 Å². The van der Waals surface area contributed by atoms with E-state index < -0.39 is 11.7 Å². The van der Waals surface area contributed by atoms with Gasteiger partial charge >= 0.3 is 6.18 Å². The van der Waals surface area contributed by atoms with Gasteiger partial charge in [-0.05, 0) is 29.3 Å². The van der Waals surface area contributed by atoms with Crippen LogP contribution in [0, 0.1) is 0 Å². The molecule has 0 spiro atoms. The molecule has 0 rings (SSSR count). The third kappa shape index (κ3) is 4.60. The van der Waals surface area contributed by atoms with E-state index >= 15 is 0 Å². The van der Waals surface area contributed by atoms with Gasteiger partial charge in [0.05, 0.1) is 5.57 Å². The predicted molar refractivity (Wildman–Crippen MR) is 55.6 cm³/mol. The highest BCUT2D eigenvalue weighted by Gasteiger charge is 2.34. The van der Waals surface area contributed by atoms with E-state index in [1.54, 1.807) is 13.0 Å². The number of aliphatic imine (C=N–C) groups is 1. The number of rotatable bonds is 3. The molecule has 0 saturated heterocycles. The van der Waals surface area contributed by atoms with E-state index in [2.05, 4.69) is 27.5 Å². The molecule has 0 unspecified atom stereocenters. The number of nitrogens with zero attached hydrogens (tertiary/aromatic N) is 1. The Hall–Kier alpha value is -0.580. The van der Waals surface area contributed by atoms with Gasteiger partial charge in [-0.2, -0.15) is 13.2 Å².